The number of nitrogens with one attached hydrogen (secondary N) is 1. The summed E-state index contributed by atoms with van der Waals surface area (Å²) in [7, 11) is 0. The molecule has 2 fully saturated rings. The Morgan fingerprint density at radius 3 is 2.87 bits per heavy atom. The summed E-state index contributed by atoms with van der Waals surface area (Å²) in [6.45, 7) is 2.87. The molecule has 31 heavy (non-hydrogen) atoms. The van der Waals surface area contributed by atoms with Crippen molar-refractivity contribution in [2.24, 2.45) is 22.4 Å². The third kappa shape index (κ3) is 3.77. The quantitative estimate of drug-likeness (QED) is 0.358. The van der Waals surface area contributed by atoms with Crippen molar-refractivity contribution in [1.29, 1.82) is 0 Å². The number of hydrogen-bond donors (Lipinski definition) is 1. The van der Waals surface area contributed by atoms with E-state index in [1.165, 1.54) is 19.3 Å². The van der Waals surface area contributed by atoms with Gasteiger partial charge in [-0.25, -0.2) is 5.43 Å². The van der Waals surface area contributed by atoms with Crippen LogP contribution in [0, 0.1) is 17.3 Å². The zero-order valence-corrected chi connectivity index (χ0v) is 19.0. The number of carbonyl (C=O) groups excluding carboxylic acids is 1. The summed E-state index contributed by atoms with van der Waals surface area (Å²) in [6.07, 6.45) is 8.58. The van der Waals surface area contributed by atoms with Crippen molar-refractivity contribution in [3.63, 3.8) is 0 Å². The van der Waals surface area contributed by atoms with Gasteiger partial charge in [0.05, 0.1) is 6.21 Å². The Morgan fingerprint density at radius 1 is 1.26 bits per heavy atom. The Balaban J connectivity index is 1.35. The van der Waals surface area contributed by atoms with Crippen LogP contribution in [0.4, 0.5) is 0 Å². The maximum absolute atomic E-state index is 12.7. The molecule has 6 heteroatoms. The highest BCUT2D eigenvalue weighted by Crippen LogP contribution is 2.66. The molecule has 1 heterocycles. The summed E-state index contributed by atoms with van der Waals surface area (Å²) < 4.78 is 2.14. The van der Waals surface area contributed by atoms with Gasteiger partial charge >= 0.3 is 0 Å². The Morgan fingerprint density at radius 2 is 2.10 bits per heavy atom. The average molecular weight is 454 g/mol. The fourth-order valence-corrected chi connectivity index (χ4v) is 5.90. The lowest BCUT2D eigenvalue weighted by molar-refractivity contribution is -0.123. The lowest BCUT2D eigenvalue weighted by atomic mass is 9.90. The van der Waals surface area contributed by atoms with Crippen LogP contribution < -0.4 is 5.43 Å². The molecule has 1 aromatic heterocycles. The third-order valence-electron chi connectivity index (χ3n) is 7.17. The van der Waals surface area contributed by atoms with E-state index < -0.39 is 0 Å². The molecule has 2 aliphatic rings. The van der Waals surface area contributed by atoms with Crippen molar-refractivity contribution in [1.82, 2.24) is 9.99 Å². The zero-order valence-electron chi connectivity index (χ0n) is 17.4. The lowest BCUT2D eigenvalue weighted by Crippen LogP contribution is -2.22. The molecule has 1 N–H and O–H groups in total. The standard InChI is InChI=1S/C25H25Cl2N3O/c1-25-11-5-4-7-20(25)23(25)24(31)29-28-13-17-15-30(22-8-3-2-6-19(17)22)14-16-9-10-18(26)12-21(16)27/h2-3,6,8-10,12-13,15,20,23H,4-5,7,11,14H2,1H3,(H,29,31)/b28-13-/t20-,23-,25+/m1/s1. The van der Waals surface area contributed by atoms with Gasteiger partial charge in [0.25, 0.3) is 0 Å². The number of hydrazone groups is 1. The second-order valence-corrected chi connectivity index (χ2v) is 9.88. The Kier molecular flexibility index (Phi) is 5.31. The Bertz CT molecular complexity index is 1180. The molecule has 0 aliphatic heterocycles. The van der Waals surface area contributed by atoms with Crippen molar-refractivity contribution in [2.75, 3.05) is 0 Å². The van der Waals surface area contributed by atoms with Gasteiger partial charge in [-0.2, -0.15) is 5.10 Å². The van der Waals surface area contributed by atoms with Gasteiger partial charge < -0.3 is 4.57 Å². The van der Waals surface area contributed by atoms with Crippen molar-refractivity contribution >= 4 is 46.2 Å². The fourth-order valence-electron chi connectivity index (χ4n) is 5.43. The molecular weight excluding hydrogens is 429 g/mol. The van der Waals surface area contributed by atoms with E-state index >= 15 is 0 Å². The molecule has 0 spiro atoms. The van der Waals surface area contributed by atoms with Crippen molar-refractivity contribution in [3.8, 4) is 0 Å². The minimum absolute atomic E-state index is 0.0577. The SMILES string of the molecule is C[C@]12CCCC[C@@H]1[C@@H]2C(=O)N/N=C\c1cn(Cc2ccc(Cl)cc2Cl)c2ccccc12. The molecule has 3 atom stereocenters. The van der Waals surface area contributed by atoms with E-state index in [2.05, 4.69) is 34.2 Å². The number of aromatic nitrogens is 1. The van der Waals surface area contributed by atoms with Gasteiger partial charge in [-0.05, 0) is 47.9 Å². The number of nitrogens with zero attached hydrogens (tertiary/aromatic N) is 2. The minimum atomic E-state index is 0.0577. The van der Waals surface area contributed by atoms with Gasteiger partial charge in [0, 0.05) is 45.2 Å². The first-order chi connectivity index (χ1) is 15.0. The van der Waals surface area contributed by atoms with Gasteiger partial charge in [-0.3, -0.25) is 4.79 Å². The van der Waals surface area contributed by atoms with Crippen LogP contribution >= 0.6 is 23.2 Å². The van der Waals surface area contributed by atoms with Gasteiger partial charge in [-0.1, -0.05) is 67.2 Å². The van der Waals surface area contributed by atoms with Crippen LogP contribution in [0.5, 0.6) is 0 Å². The summed E-state index contributed by atoms with van der Waals surface area (Å²) in [5.41, 5.74) is 6.02. The number of para-hydroxylation sites is 1. The number of carbonyl (C=O) groups is 1. The van der Waals surface area contributed by atoms with E-state index in [9.17, 15) is 4.79 Å². The topological polar surface area (TPSA) is 46.4 Å². The van der Waals surface area contributed by atoms with Crippen molar-refractivity contribution in [2.45, 2.75) is 39.2 Å². The maximum Gasteiger partial charge on any atom is 0.244 e. The Hall–Kier alpha value is -2.30. The van der Waals surface area contributed by atoms with Crippen LogP contribution in [0.25, 0.3) is 10.9 Å². The molecular formula is C25H25Cl2N3O. The number of halogens is 2. The Labute approximate surface area is 192 Å². The summed E-state index contributed by atoms with van der Waals surface area (Å²) in [4.78, 5) is 12.7. The molecule has 0 unspecified atom stereocenters. The summed E-state index contributed by atoms with van der Waals surface area (Å²) in [5, 5.41) is 6.66. The normalized spacial score (nSPS) is 25.0. The molecule has 2 aromatic carbocycles. The molecule has 3 aromatic rings. The molecule has 2 aliphatic carbocycles. The largest absolute Gasteiger partial charge is 0.342 e. The van der Waals surface area contributed by atoms with E-state index in [1.54, 1.807) is 12.3 Å². The van der Waals surface area contributed by atoms with Gasteiger partial charge in [0.15, 0.2) is 0 Å². The van der Waals surface area contributed by atoms with Crippen LogP contribution in [0.3, 0.4) is 0 Å². The number of benzene rings is 2. The maximum atomic E-state index is 12.7. The highest BCUT2D eigenvalue weighted by molar-refractivity contribution is 6.35. The van der Waals surface area contributed by atoms with Crippen molar-refractivity contribution in [3.05, 3.63) is 69.8 Å². The first kappa shape index (κ1) is 20.6. The van der Waals surface area contributed by atoms with Crippen LogP contribution in [0.15, 0.2) is 53.8 Å². The molecule has 0 radical (unpaired) electrons. The van der Waals surface area contributed by atoms with Crippen molar-refractivity contribution < 1.29 is 4.79 Å². The van der Waals surface area contributed by atoms with Crippen LogP contribution in [0.1, 0.15) is 43.7 Å². The van der Waals surface area contributed by atoms with Gasteiger partial charge in [0.1, 0.15) is 0 Å². The number of rotatable bonds is 5. The van der Waals surface area contributed by atoms with Crippen LogP contribution in [-0.2, 0) is 11.3 Å². The number of hydrogen-bond acceptors (Lipinski definition) is 2. The van der Waals surface area contributed by atoms with Gasteiger partial charge in [-0.15, -0.1) is 0 Å². The molecule has 2 saturated carbocycles. The third-order valence-corrected chi connectivity index (χ3v) is 7.75. The molecule has 1 amide bonds. The second kappa shape index (κ2) is 7.99. The smallest absolute Gasteiger partial charge is 0.244 e. The van der Waals surface area contributed by atoms with Crippen LogP contribution in [-0.4, -0.2) is 16.7 Å². The molecule has 160 valence electrons. The summed E-state index contributed by atoms with van der Waals surface area (Å²) in [5.74, 6) is 0.699. The number of amides is 1. The summed E-state index contributed by atoms with van der Waals surface area (Å²) >= 11 is 12.4. The van der Waals surface area contributed by atoms with Gasteiger partial charge in [0.2, 0.25) is 5.91 Å². The predicted molar refractivity (Wildman–Crippen MR) is 127 cm³/mol. The fraction of sp³-hybridized carbons (Fsp3) is 0.360. The molecule has 0 bridgehead atoms. The lowest BCUT2D eigenvalue weighted by Gasteiger charge is -2.15. The summed E-state index contributed by atoms with van der Waals surface area (Å²) in [6, 6.07) is 13.7. The van der Waals surface area contributed by atoms with E-state index in [-0.39, 0.29) is 17.2 Å². The monoisotopic (exact) mass is 453 g/mol. The van der Waals surface area contributed by atoms with E-state index in [4.69, 9.17) is 23.2 Å². The first-order valence-corrected chi connectivity index (χ1v) is 11.6. The van der Waals surface area contributed by atoms with E-state index in [0.717, 1.165) is 28.5 Å². The highest BCUT2D eigenvalue weighted by atomic mass is 35.5. The predicted octanol–water partition coefficient (Wildman–Crippen LogP) is 6.27. The van der Waals surface area contributed by atoms with E-state index in [1.807, 2.05) is 30.5 Å². The number of fused-ring (bicyclic) bond motifs is 2. The zero-order chi connectivity index (χ0) is 21.6. The average Bonchev–Trinajstić information content (AvgIpc) is 3.25. The molecule has 0 saturated heterocycles. The molecule has 5 rings (SSSR count). The first-order valence-electron chi connectivity index (χ1n) is 10.8. The molecule has 4 nitrogen and oxygen atoms in total. The highest BCUT2D eigenvalue weighted by Gasteiger charge is 2.64. The van der Waals surface area contributed by atoms with E-state index in [0.29, 0.717) is 22.5 Å². The second-order valence-electron chi connectivity index (χ2n) is 9.04. The van der Waals surface area contributed by atoms with Crippen LogP contribution in [0.2, 0.25) is 10.0 Å². The minimum Gasteiger partial charge on any atom is -0.342 e.